The first-order valence-electron chi connectivity index (χ1n) is 6.36. The van der Waals surface area contributed by atoms with Crippen molar-refractivity contribution >= 4 is 5.69 Å². The maximum Gasteiger partial charge on any atom is 0.103 e. The van der Waals surface area contributed by atoms with Crippen LogP contribution < -0.4 is 4.90 Å². The zero-order valence-electron chi connectivity index (χ0n) is 11.2. The van der Waals surface area contributed by atoms with Crippen LogP contribution in [-0.2, 0) is 4.74 Å². The zero-order chi connectivity index (χ0) is 13.1. The maximum absolute atomic E-state index is 9.31. The third-order valence-electron chi connectivity index (χ3n) is 3.21. The van der Waals surface area contributed by atoms with Crippen LogP contribution in [0.1, 0.15) is 30.3 Å². The number of ether oxygens (including phenoxy) is 1. The number of nitriles is 1. The Morgan fingerprint density at radius 1 is 1.50 bits per heavy atom. The highest BCUT2D eigenvalue weighted by Gasteiger charge is 2.19. The molecule has 1 aliphatic rings. The number of rotatable bonds is 1. The number of nitrogens with zero attached hydrogens (tertiary/aromatic N) is 3. The fourth-order valence-electron chi connectivity index (χ4n) is 2.41. The lowest BCUT2D eigenvalue weighted by molar-refractivity contribution is 0.0821. The van der Waals surface area contributed by atoms with E-state index in [2.05, 4.69) is 22.9 Å². The van der Waals surface area contributed by atoms with Gasteiger partial charge in [0.25, 0.3) is 0 Å². The third kappa shape index (κ3) is 2.62. The third-order valence-corrected chi connectivity index (χ3v) is 3.21. The van der Waals surface area contributed by atoms with Gasteiger partial charge in [0.2, 0.25) is 0 Å². The summed E-state index contributed by atoms with van der Waals surface area (Å²) in [6.45, 7) is 8.50. The van der Waals surface area contributed by atoms with Crippen LogP contribution in [0.4, 0.5) is 5.69 Å². The molecule has 0 radical (unpaired) electrons. The Morgan fingerprint density at radius 2 is 2.28 bits per heavy atom. The van der Waals surface area contributed by atoms with E-state index >= 15 is 0 Å². The van der Waals surface area contributed by atoms with Crippen molar-refractivity contribution in [2.75, 3.05) is 24.6 Å². The summed E-state index contributed by atoms with van der Waals surface area (Å²) in [5.74, 6) is 0. The largest absolute Gasteiger partial charge is 0.377 e. The second-order valence-electron chi connectivity index (χ2n) is 4.84. The summed E-state index contributed by atoms with van der Waals surface area (Å²) in [6.07, 6.45) is 1.20. The zero-order valence-corrected chi connectivity index (χ0v) is 11.2. The molecule has 0 spiro atoms. The Kier molecular flexibility index (Phi) is 3.83. The van der Waals surface area contributed by atoms with Gasteiger partial charge in [-0.1, -0.05) is 0 Å². The van der Waals surface area contributed by atoms with Gasteiger partial charge >= 0.3 is 0 Å². The molecular weight excluding hydrogens is 226 g/mol. The molecule has 96 valence electrons. The molecular formula is C14H19N3O. The van der Waals surface area contributed by atoms with E-state index in [0.29, 0.717) is 5.56 Å². The van der Waals surface area contributed by atoms with E-state index in [1.165, 1.54) is 0 Å². The molecule has 4 heteroatoms. The van der Waals surface area contributed by atoms with Gasteiger partial charge in [0, 0.05) is 25.4 Å². The molecule has 1 fully saturated rings. The average molecular weight is 245 g/mol. The number of aromatic nitrogens is 1. The van der Waals surface area contributed by atoms with Gasteiger partial charge in [-0.25, -0.2) is 0 Å². The normalized spacial score (nSPS) is 20.3. The van der Waals surface area contributed by atoms with Gasteiger partial charge in [-0.15, -0.1) is 0 Å². The van der Waals surface area contributed by atoms with Gasteiger partial charge in [0.15, 0.2) is 0 Å². The Labute approximate surface area is 108 Å². The fraction of sp³-hybridized carbons (Fsp3) is 0.571. The van der Waals surface area contributed by atoms with E-state index in [-0.39, 0.29) is 6.10 Å². The molecule has 2 rings (SSSR count). The highest BCUT2D eigenvalue weighted by molar-refractivity contribution is 5.61. The minimum absolute atomic E-state index is 0.202. The van der Waals surface area contributed by atoms with Gasteiger partial charge in [0.1, 0.15) is 6.07 Å². The second kappa shape index (κ2) is 5.36. The molecule has 1 unspecified atom stereocenters. The molecule has 1 atom stereocenters. The summed E-state index contributed by atoms with van der Waals surface area (Å²) >= 11 is 0. The topological polar surface area (TPSA) is 49.1 Å². The number of pyridine rings is 1. The predicted molar refractivity (Wildman–Crippen MR) is 70.7 cm³/mol. The van der Waals surface area contributed by atoms with Crippen LogP contribution in [0.15, 0.2) is 6.07 Å². The lowest BCUT2D eigenvalue weighted by Gasteiger charge is -2.26. The lowest BCUT2D eigenvalue weighted by atomic mass is 10.1. The van der Waals surface area contributed by atoms with Crippen molar-refractivity contribution in [3.8, 4) is 6.07 Å². The van der Waals surface area contributed by atoms with Crippen molar-refractivity contribution in [3.63, 3.8) is 0 Å². The highest BCUT2D eigenvalue weighted by atomic mass is 16.5. The molecule has 0 aliphatic carbocycles. The van der Waals surface area contributed by atoms with Crippen LogP contribution in [0.2, 0.25) is 0 Å². The molecule has 4 nitrogen and oxygen atoms in total. The minimum atomic E-state index is 0.202. The van der Waals surface area contributed by atoms with Gasteiger partial charge in [-0.2, -0.15) is 5.26 Å². The SMILES string of the molecule is Cc1cc(N2CCCOC(C)C2)c(C#N)c(C)n1. The van der Waals surface area contributed by atoms with Crippen molar-refractivity contribution < 1.29 is 4.74 Å². The van der Waals surface area contributed by atoms with E-state index in [9.17, 15) is 5.26 Å². The maximum atomic E-state index is 9.31. The van der Waals surface area contributed by atoms with Gasteiger partial charge < -0.3 is 9.64 Å². The molecule has 0 saturated carbocycles. The highest BCUT2D eigenvalue weighted by Crippen LogP contribution is 2.25. The number of anilines is 1. The van der Waals surface area contributed by atoms with Crippen LogP contribution >= 0.6 is 0 Å². The average Bonchev–Trinajstić information content (AvgIpc) is 2.53. The molecule has 0 aromatic carbocycles. The van der Waals surface area contributed by atoms with Crippen LogP contribution in [0, 0.1) is 25.2 Å². The molecule has 0 amide bonds. The summed E-state index contributed by atoms with van der Waals surface area (Å²) in [5, 5.41) is 9.31. The van der Waals surface area contributed by atoms with Crippen molar-refractivity contribution in [1.82, 2.24) is 4.98 Å². The van der Waals surface area contributed by atoms with Crippen LogP contribution in [0.3, 0.4) is 0 Å². The van der Waals surface area contributed by atoms with Crippen molar-refractivity contribution in [2.24, 2.45) is 0 Å². The molecule has 2 heterocycles. The van der Waals surface area contributed by atoms with E-state index in [1.54, 1.807) is 0 Å². The molecule has 1 aliphatic heterocycles. The van der Waals surface area contributed by atoms with Gasteiger partial charge in [-0.3, -0.25) is 4.98 Å². The molecule has 18 heavy (non-hydrogen) atoms. The second-order valence-corrected chi connectivity index (χ2v) is 4.84. The predicted octanol–water partition coefficient (Wildman–Crippen LogP) is 2.19. The van der Waals surface area contributed by atoms with Gasteiger partial charge in [-0.05, 0) is 33.3 Å². The first kappa shape index (κ1) is 12.8. The Morgan fingerprint density at radius 3 is 3.00 bits per heavy atom. The van der Waals surface area contributed by atoms with E-state index in [0.717, 1.165) is 43.2 Å². The Bertz CT molecular complexity index is 479. The van der Waals surface area contributed by atoms with E-state index in [4.69, 9.17) is 4.74 Å². The first-order chi connectivity index (χ1) is 8.61. The summed E-state index contributed by atoms with van der Waals surface area (Å²) in [7, 11) is 0. The quantitative estimate of drug-likeness (QED) is 0.761. The molecule has 0 N–H and O–H groups in total. The van der Waals surface area contributed by atoms with Crippen molar-refractivity contribution in [2.45, 2.75) is 33.3 Å². The van der Waals surface area contributed by atoms with Crippen LogP contribution in [0.5, 0.6) is 0 Å². The van der Waals surface area contributed by atoms with Crippen LogP contribution in [-0.4, -0.2) is 30.8 Å². The summed E-state index contributed by atoms with van der Waals surface area (Å²) < 4.78 is 5.65. The number of hydrogen-bond acceptors (Lipinski definition) is 4. The molecule has 0 bridgehead atoms. The summed E-state index contributed by atoms with van der Waals surface area (Å²) in [5.41, 5.74) is 3.46. The monoisotopic (exact) mass is 245 g/mol. The van der Waals surface area contributed by atoms with Crippen LogP contribution in [0.25, 0.3) is 0 Å². The summed E-state index contributed by atoms with van der Waals surface area (Å²) in [6, 6.07) is 4.28. The smallest absolute Gasteiger partial charge is 0.103 e. The lowest BCUT2D eigenvalue weighted by Crippen LogP contribution is -2.31. The number of hydrogen-bond donors (Lipinski definition) is 0. The van der Waals surface area contributed by atoms with E-state index < -0.39 is 0 Å². The first-order valence-corrected chi connectivity index (χ1v) is 6.36. The van der Waals surface area contributed by atoms with Gasteiger partial charge in [0.05, 0.1) is 23.0 Å². The number of aryl methyl sites for hydroxylation is 2. The van der Waals surface area contributed by atoms with Crippen molar-refractivity contribution in [3.05, 3.63) is 23.0 Å². The standard InChI is InChI=1S/C14H19N3O/c1-10-7-14(13(8-15)12(3)16-10)17-5-4-6-18-11(2)9-17/h7,11H,4-6,9H2,1-3H3. The van der Waals surface area contributed by atoms with Crippen molar-refractivity contribution in [1.29, 1.82) is 5.26 Å². The molecule has 1 saturated heterocycles. The minimum Gasteiger partial charge on any atom is -0.377 e. The van der Waals surface area contributed by atoms with E-state index in [1.807, 2.05) is 19.9 Å². The fourth-order valence-corrected chi connectivity index (χ4v) is 2.41. The molecule has 1 aromatic heterocycles. The molecule has 1 aromatic rings. The Balaban J connectivity index is 2.40. The Hall–Kier alpha value is -1.60. The summed E-state index contributed by atoms with van der Waals surface area (Å²) in [4.78, 5) is 6.61.